The van der Waals surface area contributed by atoms with Crippen molar-refractivity contribution in [1.29, 1.82) is 0 Å². The number of piperidine rings is 3. The van der Waals surface area contributed by atoms with E-state index in [1.807, 2.05) is 0 Å². The van der Waals surface area contributed by atoms with Gasteiger partial charge in [-0.1, -0.05) is 0 Å². The van der Waals surface area contributed by atoms with Gasteiger partial charge in [-0.25, -0.2) is 9.97 Å². The van der Waals surface area contributed by atoms with E-state index in [-0.39, 0.29) is 11.9 Å². The monoisotopic (exact) mass is 346 g/mol. The Bertz CT molecular complexity index is 755. The summed E-state index contributed by atoms with van der Waals surface area (Å²) in [5.41, 5.74) is 0.331. The number of fused-ring (bicyclic) bond motifs is 3. The van der Waals surface area contributed by atoms with Gasteiger partial charge in [-0.05, 0) is 50.9 Å². The molecule has 2 bridgehead atoms. The van der Waals surface area contributed by atoms with Gasteiger partial charge in [0.05, 0.1) is 11.8 Å². The van der Waals surface area contributed by atoms with Crippen LogP contribution in [0.15, 0.2) is 24.5 Å². The maximum atomic E-state index is 13.8. The first-order chi connectivity index (χ1) is 11.6. The molecule has 0 unspecified atom stereocenters. The first-order valence-corrected chi connectivity index (χ1v) is 9.07. The number of thiazole rings is 1. The average Bonchev–Trinajstić information content (AvgIpc) is 3.09. The van der Waals surface area contributed by atoms with Gasteiger partial charge in [0.1, 0.15) is 9.88 Å². The van der Waals surface area contributed by atoms with Crippen LogP contribution in [-0.4, -0.2) is 45.9 Å². The molecule has 1 amide bonds. The molecule has 0 radical (unpaired) electrons. The molecule has 3 saturated heterocycles. The molecule has 2 aromatic rings. The normalized spacial score (nSPS) is 28.8. The number of carbonyl (C=O) groups excluding carboxylic acids is 1. The highest BCUT2D eigenvalue weighted by molar-refractivity contribution is 7.16. The Balaban J connectivity index is 1.51. The van der Waals surface area contributed by atoms with E-state index in [1.54, 1.807) is 12.1 Å². The number of rotatable bonds is 3. The van der Waals surface area contributed by atoms with Gasteiger partial charge in [0, 0.05) is 18.3 Å². The zero-order chi connectivity index (χ0) is 16.7. The summed E-state index contributed by atoms with van der Waals surface area (Å²) in [7, 11) is 0. The number of aromatic nitrogens is 2. The van der Waals surface area contributed by atoms with Gasteiger partial charge in [0.2, 0.25) is 5.95 Å². The number of pyridine rings is 1. The van der Waals surface area contributed by atoms with E-state index < -0.39 is 5.95 Å². The fourth-order valence-electron chi connectivity index (χ4n) is 3.82. The molecule has 5 rings (SSSR count). The third-order valence-corrected chi connectivity index (χ3v) is 6.22. The van der Waals surface area contributed by atoms with Gasteiger partial charge >= 0.3 is 0 Å². The molecular weight excluding hydrogens is 327 g/mol. The number of nitrogens with zero attached hydrogens (tertiary/aromatic N) is 3. The van der Waals surface area contributed by atoms with E-state index in [0.717, 1.165) is 25.9 Å². The van der Waals surface area contributed by atoms with Gasteiger partial charge in [0.15, 0.2) is 0 Å². The quantitative estimate of drug-likeness (QED) is 0.868. The zero-order valence-electron chi connectivity index (χ0n) is 13.4. The molecule has 5 heterocycles. The summed E-state index contributed by atoms with van der Waals surface area (Å²) in [4.78, 5) is 23.4. The van der Waals surface area contributed by atoms with Crippen LogP contribution in [0.2, 0.25) is 0 Å². The molecule has 3 aliphatic rings. The summed E-state index contributed by atoms with van der Waals surface area (Å²) in [6, 6.07) is 3.83. The van der Waals surface area contributed by atoms with Gasteiger partial charge in [-0.15, -0.1) is 11.3 Å². The highest BCUT2D eigenvalue weighted by atomic mass is 32.1. The Morgan fingerprint density at radius 3 is 2.88 bits per heavy atom. The summed E-state index contributed by atoms with van der Waals surface area (Å²) < 4.78 is 13.8. The van der Waals surface area contributed by atoms with Crippen molar-refractivity contribution in [2.75, 3.05) is 13.1 Å². The highest BCUT2D eigenvalue weighted by Gasteiger charge is 2.40. The molecule has 3 aliphatic heterocycles. The van der Waals surface area contributed by atoms with Crippen LogP contribution < -0.4 is 5.32 Å². The third-order valence-electron chi connectivity index (χ3n) is 5.19. The van der Waals surface area contributed by atoms with Crippen LogP contribution in [0.4, 0.5) is 4.39 Å². The second-order valence-electron chi connectivity index (χ2n) is 6.48. The van der Waals surface area contributed by atoms with Crippen molar-refractivity contribution in [3.8, 4) is 10.6 Å². The smallest absolute Gasteiger partial charge is 0.263 e. The van der Waals surface area contributed by atoms with Gasteiger partial charge < -0.3 is 5.32 Å². The van der Waals surface area contributed by atoms with E-state index in [0.29, 0.717) is 27.4 Å². The fraction of sp³-hybridized carbons (Fsp3) is 0.471. The number of halogens is 1. The molecule has 0 aliphatic carbocycles. The molecule has 1 N–H and O–H groups in total. The van der Waals surface area contributed by atoms with Crippen molar-refractivity contribution in [1.82, 2.24) is 20.2 Å². The molecule has 5 nitrogen and oxygen atoms in total. The van der Waals surface area contributed by atoms with Crippen LogP contribution in [0.1, 0.15) is 29.4 Å². The second-order valence-corrected chi connectivity index (χ2v) is 7.52. The topological polar surface area (TPSA) is 58.1 Å². The summed E-state index contributed by atoms with van der Waals surface area (Å²) in [6.45, 7) is 4.44. The summed E-state index contributed by atoms with van der Waals surface area (Å²) in [6.07, 6.45) is 5.21. The van der Waals surface area contributed by atoms with Crippen molar-refractivity contribution in [2.45, 2.75) is 31.8 Å². The van der Waals surface area contributed by atoms with Crippen molar-refractivity contribution in [2.24, 2.45) is 5.92 Å². The number of nitrogens with one attached hydrogen (secondary N) is 1. The lowest BCUT2D eigenvalue weighted by Gasteiger charge is -2.49. The standard InChI is InChI=1S/C17H19FN4OS/c1-10-14(11-4-7-22(10)8-5-11)21-16(23)13-9-20-17(24-13)12-3-2-6-19-15(12)18/h2-3,6,9-11,14H,4-5,7-8H2,1H3,(H,21,23)/t10-,14-/m0/s1. The number of hydrogen-bond donors (Lipinski definition) is 1. The molecule has 0 saturated carbocycles. The van der Waals surface area contributed by atoms with Crippen LogP contribution in [0, 0.1) is 11.9 Å². The second kappa shape index (κ2) is 6.22. The van der Waals surface area contributed by atoms with E-state index in [9.17, 15) is 9.18 Å². The number of hydrogen-bond acceptors (Lipinski definition) is 5. The molecule has 3 fully saturated rings. The molecule has 7 heteroatoms. The van der Waals surface area contributed by atoms with Gasteiger partial charge in [-0.2, -0.15) is 4.39 Å². The molecule has 0 spiro atoms. The van der Waals surface area contributed by atoms with E-state index in [2.05, 4.69) is 27.1 Å². The van der Waals surface area contributed by atoms with E-state index in [4.69, 9.17) is 0 Å². The lowest BCUT2D eigenvalue weighted by Crippen LogP contribution is -2.62. The molecule has 2 aromatic heterocycles. The van der Waals surface area contributed by atoms with Crippen LogP contribution in [0.25, 0.3) is 10.6 Å². The number of carbonyl (C=O) groups is 1. The van der Waals surface area contributed by atoms with Gasteiger partial charge in [0.25, 0.3) is 5.91 Å². The highest BCUT2D eigenvalue weighted by Crippen LogP contribution is 2.33. The predicted molar refractivity (Wildman–Crippen MR) is 90.3 cm³/mol. The zero-order valence-corrected chi connectivity index (χ0v) is 14.2. The minimum absolute atomic E-state index is 0.117. The van der Waals surface area contributed by atoms with Crippen LogP contribution >= 0.6 is 11.3 Å². The molecule has 126 valence electrons. The SMILES string of the molecule is C[C@H]1[C@H](NC(=O)c2cnc(-c3cccnc3F)s2)C2CCN1CC2. The molecular formula is C17H19FN4OS. The Morgan fingerprint density at radius 2 is 2.17 bits per heavy atom. The van der Waals surface area contributed by atoms with Crippen molar-refractivity contribution >= 4 is 17.2 Å². The molecule has 24 heavy (non-hydrogen) atoms. The van der Waals surface area contributed by atoms with Crippen LogP contribution in [-0.2, 0) is 0 Å². The van der Waals surface area contributed by atoms with E-state index >= 15 is 0 Å². The van der Waals surface area contributed by atoms with Crippen LogP contribution in [0.5, 0.6) is 0 Å². The summed E-state index contributed by atoms with van der Waals surface area (Å²) in [5, 5.41) is 3.66. The maximum Gasteiger partial charge on any atom is 0.263 e. The minimum Gasteiger partial charge on any atom is -0.347 e. The average molecular weight is 346 g/mol. The largest absolute Gasteiger partial charge is 0.347 e. The first kappa shape index (κ1) is 15.7. The van der Waals surface area contributed by atoms with Crippen LogP contribution in [0.3, 0.4) is 0 Å². The molecule has 2 atom stereocenters. The van der Waals surface area contributed by atoms with E-state index in [1.165, 1.54) is 23.7 Å². The number of amides is 1. The lowest BCUT2D eigenvalue weighted by molar-refractivity contribution is 0.0218. The fourth-order valence-corrected chi connectivity index (χ4v) is 4.65. The maximum absolute atomic E-state index is 13.8. The summed E-state index contributed by atoms with van der Waals surface area (Å²) >= 11 is 1.20. The summed E-state index contributed by atoms with van der Waals surface area (Å²) in [5.74, 6) is -0.129. The van der Waals surface area contributed by atoms with Crippen molar-refractivity contribution in [3.63, 3.8) is 0 Å². The Hall–Kier alpha value is -1.86. The first-order valence-electron chi connectivity index (χ1n) is 8.25. The Morgan fingerprint density at radius 1 is 1.38 bits per heavy atom. The van der Waals surface area contributed by atoms with Crippen molar-refractivity contribution < 1.29 is 9.18 Å². The van der Waals surface area contributed by atoms with Gasteiger partial charge in [-0.3, -0.25) is 9.69 Å². The predicted octanol–water partition coefficient (Wildman–Crippen LogP) is 2.56. The third kappa shape index (κ3) is 2.71. The molecule has 0 aromatic carbocycles. The lowest BCUT2D eigenvalue weighted by atomic mass is 9.79. The minimum atomic E-state index is -0.565. The van der Waals surface area contributed by atoms with Crippen molar-refractivity contribution in [3.05, 3.63) is 35.4 Å². The Kier molecular flexibility index (Phi) is 4.05. The Labute approximate surface area is 143 Å².